The third kappa shape index (κ3) is 9.10. The molecule has 2 aromatic rings. The van der Waals surface area contributed by atoms with Gasteiger partial charge in [0.15, 0.2) is 0 Å². The molecule has 11 heteroatoms. The molecule has 0 aliphatic carbocycles. The Morgan fingerprint density at radius 2 is 1.68 bits per heavy atom. The van der Waals surface area contributed by atoms with Crippen molar-refractivity contribution in [2.24, 2.45) is 0 Å². The van der Waals surface area contributed by atoms with Crippen molar-refractivity contribution in [2.75, 3.05) is 46.2 Å². The summed E-state index contributed by atoms with van der Waals surface area (Å²) in [4.78, 5) is 39.5. The van der Waals surface area contributed by atoms with Gasteiger partial charge in [-0.05, 0) is 36.9 Å². The monoisotopic (exact) mass is 480 g/mol. The predicted octanol–water partition coefficient (Wildman–Crippen LogP) is 2.52. The molecule has 0 atom stereocenters. The van der Waals surface area contributed by atoms with Crippen molar-refractivity contribution in [3.63, 3.8) is 0 Å². The molecule has 8 nitrogen and oxygen atoms in total. The summed E-state index contributed by atoms with van der Waals surface area (Å²) in [6.07, 6.45) is -4.48. The fourth-order valence-corrected chi connectivity index (χ4v) is 2.97. The maximum atomic E-state index is 12.5. The van der Waals surface area contributed by atoms with Gasteiger partial charge in [-0.1, -0.05) is 18.2 Å². The summed E-state index contributed by atoms with van der Waals surface area (Å²) in [5, 5.41) is 4.52. The lowest BCUT2D eigenvalue weighted by atomic mass is 10.1. The van der Waals surface area contributed by atoms with Crippen LogP contribution < -0.4 is 15.4 Å². The van der Waals surface area contributed by atoms with E-state index in [0.29, 0.717) is 18.0 Å². The van der Waals surface area contributed by atoms with Crippen molar-refractivity contribution in [1.29, 1.82) is 0 Å². The number of nitrogens with zero attached hydrogens (tertiary/aromatic N) is 2. The lowest BCUT2D eigenvalue weighted by molar-refractivity contribution is -0.134. The number of likely N-dealkylation sites (N-methyl/N-ethyl adjacent to an activating group) is 2. The number of amides is 3. The first-order valence-corrected chi connectivity index (χ1v) is 10.3. The average molecular weight is 480 g/mol. The average Bonchev–Trinajstić information content (AvgIpc) is 2.77. The molecule has 2 rings (SSSR count). The minimum absolute atomic E-state index is 0.0385. The Kier molecular flexibility index (Phi) is 9.43. The highest BCUT2D eigenvalue weighted by molar-refractivity contribution is 5.95. The van der Waals surface area contributed by atoms with E-state index in [1.807, 2.05) is 5.32 Å². The predicted molar refractivity (Wildman–Crippen MR) is 120 cm³/mol. The van der Waals surface area contributed by atoms with Crippen LogP contribution in [-0.2, 0) is 16.1 Å². The van der Waals surface area contributed by atoms with Crippen molar-refractivity contribution in [2.45, 2.75) is 12.7 Å². The summed E-state index contributed by atoms with van der Waals surface area (Å²) in [5.74, 6) is -0.849. The van der Waals surface area contributed by atoms with E-state index in [1.165, 1.54) is 31.2 Å². The topological polar surface area (TPSA) is 91.0 Å². The number of benzene rings is 2. The molecule has 0 saturated carbocycles. The number of alkyl halides is 3. The number of hydrogen-bond acceptors (Lipinski definition) is 5. The van der Waals surface area contributed by atoms with Gasteiger partial charge in [0.2, 0.25) is 11.8 Å². The van der Waals surface area contributed by atoms with E-state index in [4.69, 9.17) is 4.74 Å². The van der Waals surface area contributed by atoms with Crippen molar-refractivity contribution < 1.29 is 32.3 Å². The first-order valence-electron chi connectivity index (χ1n) is 10.3. The summed E-state index contributed by atoms with van der Waals surface area (Å²) in [7, 11) is 4.76. The van der Waals surface area contributed by atoms with Crippen LogP contribution in [0.3, 0.4) is 0 Å². The van der Waals surface area contributed by atoms with Gasteiger partial charge in [0.25, 0.3) is 5.91 Å². The van der Waals surface area contributed by atoms with Gasteiger partial charge >= 0.3 is 6.18 Å². The summed E-state index contributed by atoms with van der Waals surface area (Å²) in [6.45, 7) is -1.13. The van der Waals surface area contributed by atoms with Crippen molar-refractivity contribution in [3.05, 3.63) is 59.7 Å². The molecular weight excluding hydrogens is 453 g/mol. The van der Waals surface area contributed by atoms with Crippen LogP contribution in [0.5, 0.6) is 5.75 Å². The fourth-order valence-electron chi connectivity index (χ4n) is 2.97. The zero-order chi connectivity index (χ0) is 25.3. The molecule has 2 N–H and O–H groups in total. The molecule has 0 unspecified atom stereocenters. The Hall–Kier alpha value is -3.60. The largest absolute Gasteiger partial charge is 0.497 e. The highest BCUT2D eigenvalue weighted by atomic mass is 19.4. The molecule has 0 aromatic heterocycles. The molecule has 184 valence electrons. The normalized spacial score (nSPS) is 11.1. The molecular formula is C23H27F3N4O4. The number of rotatable bonds is 10. The number of anilines is 1. The number of methoxy groups -OCH3 is 1. The molecule has 0 radical (unpaired) electrons. The van der Waals surface area contributed by atoms with Crippen LogP contribution in [0.1, 0.15) is 15.9 Å². The second kappa shape index (κ2) is 12.0. The van der Waals surface area contributed by atoms with Gasteiger partial charge < -0.3 is 20.3 Å². The van der Waals surface area contributed by atoms with Crippen LogP contribution >= 0.6 is 0 Å². The summed E-state index contributed by atoms with van der Waals surface area (Å²) in [5.41, 5.74) is 1.42. The van der Waals surface area contributed by atoms with Gasteiger partial charge in [-0.25, -0.2) is 0 Å². The van der Waals surface area contributed by atoms with E-state index in [0.717, 1.165) is 5.56 Å². The molecule has 0 bridgehead atoms. The Morgan fingerprint density at radius 3 is 2.29 bits per heavy atom. The number of carbonyl (C=O) groups excluding carboxylic acids is 3. The lowest BCUT2D eigenvalue weighted by Gasteiger charge is -2.22. The second-order valence-electron chi connectivity index (χ2n) is 7.70. The molecule has 0 saturated heterocycles. The smallest absolute Gasteiger partial charge is 0.405 e. The third-order valence-electron chi connectivity index (χ3n) is 4.68. The minimum Gasteiger partial charge on any atom is -0.497 e. The summed E-state index contributed by atoms with van der Waals surface area (Å²) >= 11 is 0. The van der Waals surface area contributed by atoms with E-state index < -0.39 is 18.6 Å². The van der Waals surface area contributed by atoms with E-state index in [9.17, 15) is 27.6 Å². The van der Waals surface area contributed by atoms with Gasteiger partial charge in [-0.2, -0.15) is 13.2 Å². The van der Waals surface area contributed by atoms with Crippen molar-refractivity contribution >= 4 is 23.4 Å². The van der Waals surface area contributed by atoms with Crippen molar-refractivity contribution in [1.82, 2.24) is 15.1 Å². The van der Waals surface area contributed by atoms with Gasteiger partial charge in [-0.15, -0.1) is 0 Å². The zero-order valence-corrected chi connectivity index (χ0v) is 19.1. The molecule has 0 aliphatic heterocycles. The molecule has 3 amide bonds. The Labute approximate surface area is 195 Å². The van der Waals surface area contributed by atoms with Crippen LogP contribution in [-0.4, -0.2) is 74.5 Å². The Morgan fingerprint density at radius 1 is 1.00 bits per heavy atom. The molecule has 0 heterocycles. The van der Waals surface area contributed by atoms with Gasteiger partial charge in [0, 0.05) is 30.9 Å². The number of ether oxygens (including phenoxy) is 1. The van der Waals surface area contributed by atoms with Crippen LogP contribution in [0.25, 0.3) is 0 Å². The molecule has 0 spiro atoms. The molecule has 2 aromatic carbocycles. The van der Waals surface area contributed by atoms with Crippen LogP contribution in [0.2, 0.25) is 0 Å². The summed E-state index contributed by atoms with van der Waals surface area (Å²) < 4.78 is 41.8. The Balaban J connectivity index is 1.81. The van der Waals surface area contributed by atoms with Crippen LogP contribution in [0.15, 0.2) is 48.5 Å². The first-order chi connectivity index (χ1) is 16.0. The fraction of sp³-hybridized carbons (Fsp3) is 0.348. The quantitative estimate of drug-likeness (QED) is 0.546. The molecule has 0 aliphatic rings. The first kappa shape index (κ1) is 26.7. The SMILES string of the molecule is COc1cccc(NC(=O)CN(C)C(=O)CN(C)Cc2ccc(C(=O)NCC(F)(F)F)cc2)c1. The highest BCUT2D eigenvalue weighted by Crippen LogP contribution is 2.16. The molecule has 34 heavy (non-hydrogen) atoms. The standard InChI is InChI=1S/C23H27F3N4O4/c1-29(12-16-7-9-17(10-8-16)22(33)27-15-23(24,25)26)14-21(32)30(2)13-20(31)28-18-5-4-6-19(11-18)34-3/h4-11H,12-15H2,1-3H3,(H,27,33)(H,28,31). The van der Waals surface area contributed by atoms with E-state index >= 15 is 0 Å². The number of halogens is 3. The maximum absolute atomic E-state index is 12.5. The Bertz CT molecular complexity index is 996. The van der Waals surface area contributed by atoms with Gasteiger partial charge in [0.1, 0.15) is 12.3 Å². The lowest BCUT2D eigenvalue weighted by Crippen LogP contribution is -2.40. The van der Waals surface area contributed by atoms with E-state index in [1.54, 1.807) is 48.3 Å². The highest BCUT2D eigenvalue weighted by Gasteiger charge is 2.27. The van der Waals surface area contributed by atoms with Crippen LogP contribution in [0, 0.1) is 0 Å². The zero-order valence-electron chi connectivity index (χ0n) is 19.1. The summed E-state index contributed by atoms with van der Waals surface area (Å²) in [6, 6.07) is 12.9. The van der Waals surface area contributed by atoms with E-state index in [2.05, 4.69) is 5.32 Å². The third-order valence-corrected chi connectivity index (χ3v) is 4.68. The minimum atomic E-state index is -4.48. The molecule has 0 fully saturated rings. The maximum Gasteiger partial charge on any atom is 0.405 e. The van der Waals surface area contributed by atoms with Crippen LogP contribution in [0.4, 0.5) is 18.9 Å². The van der Waals surface area contributed by atoms with E-state index in [-0.39, 0.29) is 30.5 Å². The van der Waals surface area contributed by atoms with Gasteiger partial charge in [0.05, 0.1) is 20.2 Å². The second-order valence-corrected chi connectivity index (χ2v) is 7.70. The number of nitrogens with one attached hydrogen (secondary N) is 2. The number of carbonyl (C=O) groups is 3. The van der Waals surface area contributed by atoms with Crippen molar-refractivity contribution in [3.8, 4) is 5.75 Å². The number of hydrogen-bond donors (Lipinski definition) is 2. The van der Waals surface area contributed by atoms with Gasteiger partial charge in [-0.3, -0.25) is 19.3 Å².